The number of rotatable bonds is 5. The minimum atomic E-state index is -0.249. The van der Waals surface area contributed by atoms with Gasteiger partial charge in [0.25, 0.3) is 0 Å². The molecule has 1 aliphatic rings. The number of Topliss-reactive ketones (excluding diaryl/α,β-unsaturated/α-hetero) is 1. The third-order valence-electron chi connectivity index (χ3n) is 3.05. The van der Waals surface area contributed by atoms with Gasteiger partial charge in [-0.1, -0.05) is 6.92 Å². The van der Waals surface area contributed by atoms with Gasteiger partial charge in [0.1, 0.15) is 5.78 Å². The Balaban J connectivity index is 2.47. The fraction of sp³-hybridized carbons (Fsp3) is 0.818. The SMILES string of the molecule is CCC(C(N)=O)N1CCC(CC(C)=O)C1. The highest BCUT2D eigenvalue weighted by Crippen LogP contribution is 2.22. The molecule has 0 bridgehead atoms. The third kappa shape index (κ3) is 3.30. The molecule has 1 aliphatic heterocycles. The average molecular weight is 212 g/mol. The van der Waals surface area contributed by atoms with Crippen molar-refractivity contribution in [3.05, 3.63) is 0 Å². The summed E-state index contributed by atoms with van der Waals surface area (Å²) < 4.78 is 0. The first-order valence-corrected chi connectivity index (χ1v) is 5.57. The summed E-state index contributed by atoms with van der Waals surface area (Å²) >= 11 is 0. The van der Waals surface area contributed by atoms with Crippen molar-refractivity contribution >= 4 is 11.7 Å². The van der Waals surface area contributed by atoms with Crippen molar-refractivity contribution in [3.63, 3.8) is 0 Å². The molecule has 0 spiro atoms. The molecule has 2 N–H and O–H groups in total. The number of nitrogens with two attached hydrogens (primary N) is 1. The van der Waals surface area contributed by atoms with E-state index >= 15 is 0 Å². The molecule has 1 saturated heterocycles. The van der Waals surface area contributed by atoms with E-state index in [4.69, 9.17) is 5.73 Å². The number of hydrogen-bond donors (Lipinski definition) is 1. The van der Waals surface area contributed by atoms with Crippen LogP contribution in [0.4, 0.5) is 0 Å². The molecule has 2 unspecified atom stereocenters. The number of primary amides is 1. The Morgan fingerprint density at radius 2 is 2.20 bits per heavy atom. The maximum Gasteiger partial charge on any atom is 0.234 e. The van der Waals surface area contributed by atoms with Crippen LogP contribution in [0.1, 0.15) is 33.1 Å². The van der Waals surface area contributed by atoms with E-state index in [2.05, 4.69) is 4.90 Å². The van der Waals surface area contributed by atoms with Crippen molar-refractivity contribution in [2.24, 2.45) is 11.7 Å². The Bertz CT molecular complexity index is 253. The summed E-state index contributed by atoms with van der Waals surface area (Å²) in [6.07, 6.45) is 2.39. The lowest BCUT2D eigenvalue weighted by molar-refractivity contribution is -0.123. The van der Waals surface area contributed by atoms with Crippen LogP contribution in [-0.2, 0) is 9.59 Å². The molecule has 1 fully saturated rings. The first-order valence-electron chi connectivity index (χ1n) is 5.57. The van der Waals surface area contributed by atoms with Crippen LogP contribution in [0, 0.1) is 5.92 Å². The molecule has 15 heavy (non-hydrogen) atoms. The summed E-state index contributed by atoms with van der Waals surface area (Å²) in [6.45, 7) is 5.31. The second-order valence-electron chi connectivity index (χ2n) is 4.38. The molecule has 0 saturated carbocycles. The third-order valence-corrected chi connectivity index (χ3v) is 3.05. The molecule has 2 atom stereocenters. The van der Waals surface area contributed by atoms with Gasteiger partial charge in [0.05, 0.1) is 6.04 Å². The maximum absolute atomic E-state index is 11.2. The number of likely N-dealkylation sites (tertiary alicyclic amines) is 1. The van der Waals surface area contributed by atoms with Gasteiger partial charge in [-0.2, -0.15) is 0 Å². The van der Waals surface area contributed by atoms with Crippen LogP contribution in [0.25, 0.3) is 0 Å². The van der Waals surface area contributed by atoms with E-state index in [1.807, 2.05) is 6.92 Å². The molecule has 1 amide bonds. The fourth-order valence-corrected chi connectivity index (χ4v) is 2.36. The summed E-state index contributed by atoms with van der Waals surface area (Å²) in [5, 5.41) is 0. The van der Waals surface area contributed by atoms with Gasteiger partial charge in [-0.05, 0) is 32.2 Å². The first kappa shape index (κ1) is 12.2. The van der Waals surface area contributed by atoms with Gasteiger partial charge in [-0.15, -0.1) is 0 Å². The van der Waals surface area contributed by atoms with E-state index in [1.54, 1.807) is 6.92 Å². The zero-order chi connectivity index (χ0) is 11.4. The maximum atomic E-state index is 11.2. The molecule has 4 nitrogen and oxygen atoms in total. The highest BCUT2D eigenvalue weighted by molar-refractivity contribution is 5.80. The lowest BCUT2D eigenvalue weighted by Crippen LogP contribution is -2.43. The Morgan fingerprint density at radius 3 is 2.67 bits per heavy atom. The highest BCUT2D eigenvalue weighted by Gasteiger charge is 2.30. The minimum absolute atomic E-state index is 0.151. The summed E-state index contributed by atoms with van der Waals surface area (Å²) in [5.41, 5.74) is 5.33. The lowest BCUT2D eigenvalue weighted by atomic mass is 10.0. The summed E-state index contributed by atoms with van der Waals surface area (Å²) in [5.74, 6) is 0.394. The van der Waals surface area contributed by atoms with Gasteiger partial charge >= 0.3 is 0 Å². The van der Waals surface area contributed by atoms with Crippen molar-refractivity contribution in [3.8, 4) is 0 Å². The van der Waals surface area contributed by atoms with E-state index in [9.17, 15) is 9.59 Å². The standard InChI is InChI=1S/C11H20N2O2/c1-3-10(11(12)15)13-5-4-9(7-13)6-8(2)14/h9-10H,3-7H2,1-2H3,(H2,12,15). The topological polar surface area (TPSA) is 63.4 Å². The molecular weight excluding hydrogens is 192 g/mol. The number of carbonyl (C=O) groups excluding carboxylic acids is 2. The van der Waals surface area contributed by atoms with E-state index < -0.39 is 0 Å². The van der Waals surface area contributed by atoms with Gasteiger partial charge in [0.2, 0.25) is 5.91 Å². The molecule has 0 aromatic carbocycles. The smallest absolute Gasteiger partial charge is 0.234 e. The van der Waals surface area contributed by atoms with E-state index in [0.717, 1.165) is 25.9 Å². The molecule has 0 aromatic rings. The summed E-state index contributed by atoms with van der Waals surface area (Å²) in [4.78, 5) is 24.2. The zero-order valence-corrected chi connectivity index (χ0v) is 9.53. The van der Waals surface area contributed by atoms with Crippen molar-refractivity contribution in [2.45, 2.75) is 39.2 Å². The van der Waals surface area contributed by atoms with Gasteiger partial charge in [-0.25, -0.2) is 0 Å². The predicted molar refractivity (Wildman–Crippen MR) is 58.3 cm³/mol. The van der Waals surface area contributed by atoms with E-state index in [-0.39, 0.29) is 17.7 Å². The number of amides is 1. The fourth-order valence-electron chi connectivity index (χ4n) is 2.36. The molecule has 1 rings (SSSR count). The second kappa shape index (κ2) is 5.26. The summed E-state index contributed by atoms with van der Waals surface area (Å²) in [7, 11) is 0. The molecule has 0 radical (unpaired) electrons. The number of ketones is 1. The Morgan fingerprint density at radius 1 is 1.53 bits per heavy atom. The van der Waals surface area contributed by atoms with Crippen LogP contribution >= 0.6 is 0 Å². The van der Waals surface area contributed by atoms with Gasteiger partial charge < -0.3 is 10.5 Å². The number of hydrogen-bond acceptors (Lipinski definition) is 3. The monoisotopic (exact) mass is 212 g/mol. The van der Waals surface area contributed by atoms with Crippen molar-refractivity contribution < 1.29 is 9.59 Å². The van der Waals surface area contributed by atoms with Crippen molar-refractivity contribution in [1.82, 2.24) is 4.90 Å². The van der Waals surface area contributed by atoms with Gasteiger partial charge in [0.15, 0.2) is 0 Å². The van der Waals surface area contributed by atoms with Crippen LogP contribution < -0.4 is 5.73 Å². The normalized spacial score (nSPS) is 24.0. The van der Waals surface area contributed by atoms with Crippen LogP contribution in [-0.4, -0.2) is 35.7 Å². The van der Waals surface area contributed by atoms with Crippen LogP contribution in [0.15, 0.2) is 0 Å². The van der Waals surface area contributed by atoms with Crippen LogP contribution in [0.5, 0.6) is 0 Å². The minimum Gasteiger partial charge on any atom is -0.368 e. The molecule has 0 aliphatic carbocycles. The lowest BCUT2D eigenvalue weighted by Gasteiger charge is -2.23. The largest absolute Gasteiger partial charge is 0.368 e. The molecule has 0 aromatic heterocycles. The number of carbonyl (C=O) groups is 2. The van der Waals surface area contributed by atoms with E-state index in [1.165, 1.54) is 0 Å². The molecule has 1 heterocycles. The Kier molecular flexibility index (Phi) is 4.27. The molecule has 4 heteroatoms. The zero-order valence-electron chi connectivity index (χ0n) is 9.53. The Labute approximate surface area is 90.8 Å². The molecule has 86 valence electrons. The van der Waals surface area contributed by atoms with Crippen molar-refractivity contribution in [1.29, 1.82) is 0 Å². The van der Waals surface area contributed by atoms with Gasteiger partial charge in [-0.3, -0.25) is 9.69 Å². The quantitative estimate of drug-likeness (QED) is 0.724. The van der Waals surface area contributed by atoms with Crippen LogP contribution in [0.2, 0.25) is 0 Å². The van der Waals surface area contributed by atoms with Gasteiger partial charge in [0, 0.05) is 13.0 Å². The Hall–Kier alpha value is -0.900. The molecular formula is C11H20N2O2. The van der Waals surface area contributed by atoms with Crippen molar-refractivity contribution in [2.75, 3.05) is 13.1 Å². The average Bonchev–Trinajstić information content (AvgIpc) is 2.52. The predicted octanol–water partition coefficient (Wildman–Crippen LogP) is 0.551. The van der Waals surface area contributed by atoms with E-state index in [0.29, 0.717) is 12.3 Å². The van der Waals surface area contributed by atoms with Crippen LogP contribution in [0.3, 0.4) is 0 Å². The second-order valence-corrected chi connectivity index (χ2v) is 4.38. The first-order chi connectivity index (χ1) is 7.04. The highest BCUT2D eigenvalue weighted by atomic mass is 16.1. The summed E-state index contributed by atoms with van der Waals surface area (Å²) in [6, 6.07) is -0.151. The number of nitrogens with zero attached hydrogens (tertiary/aromatic N) is 1.